The SMILES string of the molecule is C.C.C.C.C.C.C.C.C.CCOC(=O)C(C)(CC(C)C(=O)O)CC(CC)N1CCCC1=O. The maximum absolute atomic E-state index is 12.5. The molecule has 1 rings (SSSR count). The van der Waals surface area contributed by atoms with Crippen molar-refractivity contribution < 1.29 is 24.2 Å². The fourth-order valence-corrected chi connectivity index (χ4v) is 3.37. The normalized spacial score (nSPS) is 14.4. The van der Waals surface area contributed by atoms with Gasteiger partial charge in [-0.1, -0.05) is 80.7 Å². The largest absolute Gasteiger partial charge is 0.481 e. The Morgan fingerprint density at radius 2 is 1.47 bits per heavy atom. The van der Waals surface area contributed by atoms with Crippen molar-refractivity contribution >= 4 is 17.8 Å². The van der Waals surface area contributed by atoms with Crippen LogP contribution in [0, 0.1) is 11.3 Å². The lowest BCUT2D eigenvalue weighted by atomic mass is 9.75. The molecule has 1 N–H and O–H groups in total. The lowest BCUT2D eigenvalue weighted by molar-refractivity contribution is -0.159. The van der Waals surface area contributed by atoms with Gasteiger partial charge in [0.2, 0.25) is 5.91 Å². The Hall–Kier alpha value is -1.59. The summed E-state index contributed by atoms with van der Waals surface area (Å²) in [7, 11) is 0. The number of aliphatic carboxylic acids is 1. The molecule has 1 aliphatic rings. The fraction of sp³-hybridized carbons (Fsp3) is 0.885. The number of carbonyl (C=O) groups excluding carboxylic acids is 2. The number of rotatable bonds is 9. The number of ether oxygens (including phenoxy) is 1. The molecule has 0 spiro atoms. The number of carboxylic acid groups (broad SMARTS) is 1. The lowest BCUT2D eigenvalue weighted by Gasteiger charge is -2.36. The average Bonchev–Trinajstić information content (AvgIpc) is 2.91. The van der Waals surface area contributed by atoms with Gasteiger partial charge in [-0.05, 0) is 39.5 Å². The minimum Gasteiger partial charge on any atom is -0.481 e. The van der Waals surface area contributed by atoms with Crippen LogP contribution in [0.1, 0.15) is 127 Å². The summed E-state index contributed by atoms with van der Waals surface area (Å²) in [4.78, 5) is 37.5. The minimum atomic E-state index is -0.925. The van der Waals surface area contributed by atoms with E-state index in [0.717, 1.165) is 12.8 Å². The van der Waals surface area contributed by atoms with Gasteiger partial charge in [0.25, 0.3) is 0 Å². The van der Waals surface area contributed by atoms with Crippen molar-refractivity contribution in [3.63, 3.8) is 0 Å². The zero-order valence-corrected chi connectivity index (χ0v) is 14.6. The zero-order valence-electron chi connectivity index (χ0n) is 14.6. The summed E-state index contributed by atoms with van der Waals surface area (Å²) in [6, 6.07) is -0.0552. The maximum Gasteiger partial charge on any atom is 0.311 e. The molecule has 1 amide bonds. The van der Waals surface area contributed by atoms with Crippen molar-refractivity contribution in [1.82, 2.24) is 4.90 Å². The molecule has 32 heavy (non-hydrogen) atoms. The van der Waals surface area contributed by atoms with Crippen molar-refractivity contribution in [1.29, 1.82) is 0 Å². The number of esters is 1. The van der Waals surface area contributed by atoms with Crippen molar-refractivity contribution in [2.24, 2.45) is 11.3 Å². The van der Waals surface area contributed by atoms with E-state index < -0.39 is 17.3 Å². The Morgan fingerprint density at radius 1 is 1.00 bits per heavy atom. The van der Waals surface area contributed by atoms with Crippen molar-refractivity contribution in [3.05, 3.63) is 0 Å². The quantitative estimate of drug-likeness (QED) is 0.343. The molecule has 0 saturated carbocycles. The number of amides is 1. The molecule has 6 nitrogen and oxygen atoms in total. The van der Waals surface area contributed by atoms with Crippen LogP contribution in [0.2, 0.25) is 0 Å². The molecular formula is C26H65NO5. The predicted molar refractivity (Wildman–Crippen MR) is 146 cm³/mol. The van der Waals surface area contributed by atoms with Gasteiger partial charge in [-0.2, -0.15) is 0 Å². The van der Waals surface area contributed by atoms with E-state index in [9.17, 15) is 19.5 Å². The Labute approximate surface area is 204 Å². The summed E-state index contributed by atoms with van der Waals surface area (Å²) in [5.74, 6) is -1.82. The first-order valence-electron chi connectivity index (χ1n) is 8.44. The van der Waals surface area contributed by atoms with E-state index in [4.69, 9.17) is 4.74 Å². The van der Waals surface area contributed by atoms with Gasteiger partial charge in [0.1, 0.15) is 0 Å². The van der Waals surface area contributed by atoms with Crippen LogP contribution >= 0.6 is 0 Å². The van der Waals surface area contributed by atoms with E-state index in [0.29, 0.717) is 19.4 Å². The molecule has 1 fully saturated rings. The molecule has 0 aliphatic carbocycles. The molecule has 3 unspecified atom stereocenters. The molecule has 6 heteroatoms. The van der Waals surface area contributed by atoms with Gasteiger partial charge in [-0.3, -0.25) is 14.4 Å². The van der Waals surface area contributed by atoms with Crippen molar-refractivity contribution in [2.45, 2.75) is 133 Å². The van der Waals surface area contributed by atoms with E-state index in [1.54, 1.807) is 20.8 Å². The molecule has 204 valence electrons. The highest BCUT2D eigenvalue weighted by Crippen LogP contribution is 2.36. The van der Waals surface area contributed by atoms with Gasteiger partial charge in [0.15, 0.2) is 0 Å². The first-order valence-corrected chi connectivity index (χ1v) is 8.44. The van der Waals surface area contributed by atoms with Gasteiger partial charge in [-0.25, -0.2) is 0 Å². The molecule has 1 saturated heterocycles. The van der Waals surface area contributed by atoms with Crippen LogP contribution in [0.15, 0.2) is 0 Å². The number of hydrogen-bond acceptors (Lipinski definition) is 4. The molecule has 0 bridgehead atoms. The number of hydrogen-bond donors (Lipinski definition) is 1. The molecule has 1 aliphatic heterocycles. The number of likely N-dealkylation sites (tertiary alicyclic amines) is 1. The summed E-state index contributed by atoms with van der Waals surface area (Å²) >= 11 is 0. The average molecular weight is 472 g/mol. The fourth-order valence-electron chi connectivity index (χ4n) is 3.37. The topological polar surface area (TPSA) is 83.9 Å². The maximum atomic E-state index is 12.5. The summed E-state index contributed by atoms with van der Waals surface area (Å²) in [5.41, 5.74) is -0.905. The van der Waals surface area contributed by atoms with Crippen LogP contribution < -0.4 is 0 Å². The highest BCUT2D eigenvalue weighted by molar-refractivity contribution is 5.80. The highest BCUT2D eigenvalue weighted by atomic mass is 16.5. The number of carboxylic acids is 1. The van der Waals surface area contributed by atoms with Crippen LogP contribution in [-0.4, -0.2) is 47.0 Å². The zero-order chi connectivity index (χ0) is 17.6. The third-order valence-corrected chi connectivity index (χ3v) is 4.65. The Morgan fingerprint density at radius 3 is 1.78 bits per heavy atom. The molecule has 0 radical (unpaired) electrons. The van der Waals surface area contributed by atoms with Gasteiger partial charge in [0, 0.05) is 19.0 Å². The van der Waals surface area contributed by atoms with Gasteiger partial charge >= 0.3 is 11.9 Å². The van der Waals surface area contributed by atoms with Crippen LogP contribution in [0.4, 0.5) is 0 Å². The molecule has 0 aromatic rings. The van der Waals surface area contributed by atoms with E-state index >= 15 is 0 Å². The van der Waals surface area contributed by atoms with Gasteiger partial charge in [0.05, 0.1) is 17.9 Å². The second kappa shape index (κ2) is 25.7. The molecule has 0 aromatic heterocycles. The van der Waals surface area contributed by atoms with Crippen LogP contribution in [0.3, 0.4) is 0 Å². The Bertz CT molecular complexity index is 453. The second-order valence-electron chi connectivity index (χ2n) is 6.68. The monoisotopic (exact) mass is 471 g/mol. The Balaban J connectivity index is -0.0000000840. The second-order valence-corrected chi connectivity index (χ2v) is 6.68. The van der Waals surface area contributed by atoms with Gasteiger partial charge < -0.3 is 14.7 Å². The molecule has 3 atom stereocenters. The third kappa shape index (κ3) is 15.3. The minimum absolute atomic E-state index is 0. The third-order valence-electron chi connectivity index (χ3n) is 4.65. The number of nitrogens with zero attached hydrogens (tertiary/aromatic N) is 1. The summed E-state index contributed by atoms with van der Waals surface area (Å²) < 4.78 is 5.19. The first-order chi connectivity index (χ1) is 10.7. The van der Waals surface area contributed by atoms with E-state index in [1.165, 1.54) is 0 Å². The van der Waals surface area contributed by atoms with Crippen molar-refractivity contribution in [3.8, 4) is 0 Å². The predicted octanol–water partition coefficient (Wildman–Crippen LogP) is 8.18. The lowest BCUT2D eigenvalue weighted by Crippen LogP contribution is -2.43. The summed E-state index contributed by atoms with van der Waals surface area (Å²) in [5, 5.41) is 9.19. The van der Waals surface area contributed by atoms with E-state index in [1.807, 2.05) is 11.8 Å². The summed E-state index contributed by atoms with van der Waals surface area (Å²) in [6.07, 6.45) is 2.78. The smallest absolute Gasteiger partial charge is 0.311 e. The van der Waals surface area contributed by atoms with Crippen molar-refractivity contribution in [2.75, 3.05) is 13.2 Å². The van der Waals surface area contributed by atoms with E-state index in [2.05, 4.69) is 0 Å². The van der Waals surface area contributed by atoms with Gasteiger partial charge in [-0.15, -0.1) is 0 Å². The highest BCUT2D eigenvalue weighted by Gasteiger charge is 2.41. The Kier molecular flexibility index (Phi) is 46.0. The first kappa shape index (κ1) is 57.4. The molecule has 1 heterocycles. The van der Waals surface area contributed by atoms with E-state index in [-0.39, 0.29) is 97.8 Å². The summed E-state index contributed by atoms with van der Waals surface area (Å²) in [6.45, 7) is 8.05. The van der Waals surface area contributed by atoms with Crippen LogP contribution in [0.5, 0.6) is 0 Å². The van der Waals surface area contributed by atoms with Crippen LogP contribution in [0.25, 0.3) is 0 Å². The van der Waals surface area contributed by atoms with Crippen LogP contribution in [-0.2, 0) is 19.1 Å². The molecule has 0 aromatic carbocycles. The standard InChI is InChI=1S/C17H29NO5.9CH4/c1-5-13(18-9-7-8-14(18)19)11-17(4,16(22)23-6-2)10-12(3)15(20)21;;;;;;;;;/h12-13H,5-11H2,1-4H3,(H,20,21);9*1H4. The number of carbonyl (C=O) groups is 3. The molecular weight excluding hydrogens is 406 g/mol.